The molecule has 1 aromatic rings. The van der Waals surface area contributed by atoms with Gasteiger partial charge in [-0.2, -0.15) is 0 Å². The summed E-state index contributed by atoms with van der Waals surface area (Å²) < 4.78 is 15.7. The number of carbonyl (C=O) groups is 3. The van der Waals surface area contributed by atoms with E-state index in [2.05, 4.69) is 5.32 Å². The Balaban J connectivity index is 2.30. The first-order chi connectivity index (χ1) is 12.1. The molecule has 0 aliphatic rings. The summed E-state index contributed by atoms with van der Waals surface area (Å²) in [4.78, 5) is 33.4. The predicted octanol–water partition coefficient (Wildman–Crippen LogP) is 2.00. The molecule has 0 bridgehead atoms. The molecule has 0 unspecified atom stereocenters. The number of rotatable bonds is 9. The molecule has 0 atom stereocenters. The van der Waals surface area contributed by atoms with Gasteiger partial charge < -0.3 is 29.7 Å². The number of carboxylic acids is 2. The van der Waals surface area contributed by atoms with Gasteiger partial charge in [0.25, 0.3) is 0 Å². The Morgan fingerprint density at radius 2 is 1.65 bits per heavy atom. The van der Waals surface area contributed by atoms with Gasteiger partial charge in [0.2, 0.25) is 0 Å². The van der Waals surface area contributed by atoms with E-state index < -0.39 is 23.6 Å². The molecule has 0 fully saturated rings. The van der Waals surface area contributed by atoms with Crippen LogP contribution in [0.2, 0.25) is 0 Å². The number of amides is 1. The van der Waals surface area contributed by atoms with E-state index in [-0.39, 0.29) is 43.2 Å². The third kappa shape index (κ3) is 7.84. The largest absolute Gasteiger partial charge is 0.491 e. The number of alkyl carbamates (subject to hydrolysis) is 1. The lowest BCUT2D eigenvalue weighted by Gasteiger charge is -2.19. The fraction of sp³-hybridized carbons (Fsp3) is 0.471. The number of carbonyl (C=O) groups excluding carboxylic acids is 1. The Morgan fingerprint density at radius 1 is 1.00 bits per heavy atom. The van der Waals surface area contributed by atoms with Crippen molar-refractivity contribution in [1.29, 1.82) is 0 Å². The molecular weight excluding hydrogens is 346 g/mol. The van der Waals surface area contributed by atoms with E-state index in [1.165, 1.54) is 12.1 Å². The summed E-state index contributed by atoms with van der Waals surface area (Å²) in [7, 11) is 0. The molecule has 0 spiro atoms. The van der Waals surface area contributed by atoms with E-state index in [4.69, 9.17) is 24.4 Å². The van der Waals surface area contributed by atoms with Gasteiger partial charge in [-0.05, 0) is 39.0 Å². The van der Waals surface area contributed by atoms with Crippen LogP contribution in [0.5, 0.6) is 5.75 Å². The van der Waals surface area contributed by atoms with Crippen LogP contribution >= 0.6 is 0 Å². The van der Waals surface area contributed by atoms with Gasteiger partial charge in [-0.1, -0.05) is 0 Å². The van der Waals surface area contributed by atoms with Crippen LogP contribution in [0.15, 0.2) is 18.2 Å². The Labute approximate surface area is 150 Å². The molecule has 1 aromatic carbocycles. The van der Waals surface area contributed by atoms with Crippen LogP contribution in [-0.2, 0) is 9.47 Å². The zero-order valence-corrected chi connectivity index (χ0v) is 14.9. The first kappa shape index (κ1) is 21.2. The van der Waals surface area contributed by atoms with Crippen molar-refractivity contribution in [2.24, 2.45) is 0 Å². The molecule has 0 saturated carbocycles. The number of aromatic carboxylic acids is 2. The van der Waals surface area contributed by atoms with E-state index >= 15 is 0 Å². The van der Waals surface area contributed by atoms with Crippen LogP contribution in [0, 0.1) is 0 Å². The minimum absolute atomic E-state index is 0.137. The van der Waals surface area contributed by atoms with Gasteiger partial charge in [0.05, 0.1) is 24.3 Å². The minimum Gasteiger partial charge on any atom is -0.491 e. The summed E-state index contributed by atoms with van der Waals surface area (Å²) >= 11 is 0. The van der Waals surface area contributed by atoms with Gasteiger partial charge in [-0.15, -0.1) is 0 Å². The lowest BCUT2D eigenvalue weighted by atomic mass is 10.1. The molecule has 9 heteroatoms. The molecule has 0 aliphatic carbocycles. The second-order valence-corrected chi connectivity index (χ2v) is 6.21. The highest BCUT2D eigenvalue weighted by Crippen LogP contribution is 2.18. The van der Waals surface area contributed by atoms with E-state index in [1.807, 2.05) is 0 Å². The van der Waals surface area contributed by atoms with Crippen molar-refractivity contribution in [1.82, 2.24) is 5.32 Å². The summed E-state index contributed by atoms with van der Waals surface area (Å²) in [6, 6.07) is 3.70. The maximum atomic E-state index is 11.4. The standard InChI is InChI=1S/C17H23NO8/c1-17(2,3)26-16(23)18-6-7-24-8-9-25-11-4-5-12(14(19)20)13(10-11)15(21)22/h4-5,10H,6-9H2,1-3H3,(H,18,23)(H,19,20)(H,21,22). The predicted molar refractivity (Wildman–Crippen MR) is 90.9 cm³/mol. The van der Waals surface area contributed by atoms with E-state index in [0.717, 1.165) is 6.07 Å². The Bertz CT molecular complexity index is 651. The Kier molecular flexibility index (Phi) is 7.85. The van der Waals surface area contributed by atoms with Gasteiger partial charge in [0.15, 0.2) is 0 Å². The van der Waals surface area contributed by atoms with Gasteiger partial charge in [0.1, 0.15) is 18.0 Å². The maximum absolute atomic E-state index is 11.4. The van der Waals surface area contributed by atoms with Gasteiger partial charge in [-0.25, -0.2) is 14.4 Å². The van der Waals surface area contributed by atoms with E-state index in [0.29, 0.717) is 0 Å². The number of hydrogen-bond acceptors (Lipinski definition) is 6. The smallest absolute Gasteiger partial charge is 0.407 e. The van der Waals surface area contributed by atoms with Crippen molar-refractivity contribution >= 4 is 18.0 Å². The molecule has 26 heavy (non-hydrogen) atoms. The topological polar surface area (TPSA) is 131 Å². The van der Waals surface area contributed by atoms with Crippen molar-refractivity contribution in [3.8, 4) is 5.75 Å². The SMILES string of the molecule is CC(C)(C)OC(=O)NCCOCCOc1ccc(C(=O)O)c(C(=O)O)c1. The van der Waals surface area contributed by atoms with Crippen LogP contribution in [0.1, 0.15) is 41.5 Å². The lowest BCUT2D eigenvalue weighted by Crippen LogP contribution is -2.34. The zero-order chi connectivity index (χ0) is 19.7. The highest BCUT2D eigenvalue weighted by molar-refractivity contribution is 6.01. The summed E-state index contributed by atoms with van der Waals surface area (Å²) in [6.45, 7) is 6.15. The molecule has 9 nitrogen and oxygen atoms in total. The number of ether oxygens (including phenoxy) is 3. The van der Waals surface area contributed by atoms with Gasteiger partial charge in [0, 0.05) is 6.54 Å². The van der Waals surface area contributed by atoms with Crippen molar-refractivity contribution in [3.05, 3.63) is 29.3 Å². The quantitative estimate of drug-likeness (QED) is 0.563. The number of carboxylic acid groups (broad SMARTS) is 2. The molecule has 1 rings (SSSR count). The van der Waals surface area contributed by atoms with Crippen LogP contribution < -0.4 is 10.1 Å². The monoisotopic (exact) mass is 369 g/mol. The van der Waals surface area contributed by atoms with Crippen molar-refractivity contribution < 1.29 is 38.8 Å². The highest BCUT2D eigenvalue weighted by Gasteiger charge is 2.17. The fourth-order valence-electron chi connectivity index (χ4n) is 1.84. The summed E-state index contributed by atoms with van der Waals surface area (Å²) in [5.74, 6) is -2.45. The average Bonchev–Trinajstić information content (AvgIpc) is 2.51. The molecule has 0 heterocycles. The molecule has 0 saturated heterocycles. The number of hydrogen-bond donors (Lipinski definition) is 3. The first-order valence-electron chi connectivity index (χ1n) is 7.88. The third-order valence-electron chi connectivity index (χ3n) is 2.86. The molecule has 0 aliphatic heterocycles. The molecule has 144 valence electrons. The zero-order valence-electron chi connectivity index (χ0n) is 14.9. The Hall–Kier alpha value is -2.81. The molecule has 0 aromatic heterocycles. The highest BCUT2D eigenvalue weighted by atomic mass is 16.6. The summed E-state index contributed by atoms with van der Waals surface area (Å²) in [5.41, 5.74) is -1.23. The normalized spacial score (nSPS) is 10.9. The minimum atomic E-state index is -1.35. The van der Waals surface area contributed by atoms with Crippen molar-refractivity contribution in [2.45, 2.75) is 26.4 Å². The van der Waals surface area contributed by atoms with Gasteiger partial charge in [-0.3, -0.25) is 0 Å². The first-order valence-corrected chi connectivity index (χ1v) is 7.88. The maximum Gasteiger partial charge on any atom is 0.407 e. The van der Waals surface area contributed by atoms with Crippen LogP contribution in [0.3, 0.4) is 0 Å². The second kappa shape index (κ2) is 9.62. The van der Waals surface area contributed by atoms with E-state index in [1.54, 1.807) is 20.8 Å². The van der Waals surface area contributed by atoms with Crippen LogP contribution in [0.25, 0.3) is 0 Å². The van der Waals surface area contributed by atoms with Gasteiger partial charge >= 0.3 is 18.0 Å². The molecule has 1 amide bonds. The summed E-state index contributed by atoms with van der Waals surface area (Å²) in [6.07, 6.45) is -0.530. The second-order valence-electron chi connectivity index (χ2n) is 6.21. The van der Waals surface area contributed by atoms with Crippen LogP contribution in [0.4, 0.5) is 4.79 Å². The molecule has 0 radical (unpaired) electrons. The molecular formula is C17H23NO8. The number of benzene rings is 1. The van der Waals surface area contributed by atoms with Crippen LogP contribution in [-0.4, -0.2) is 60.2 Å². The van der Waals surface area contributed by atoms with Crippen molar-refractivity contribution in [2.75, 3.05) is 26.4 Å². The third-order valence-corrected chi connectivity index (χ3v) is 2.86. The lowest BCUT2D eigenvalue weighted by molar-refractivity contribution is 0.0488. The van der Waals surface area contributed by atoms with Crippen molar-refractivity contribution in [3.63, 3.8) is 0 Å². The summed E-state index contributed by atoms with van der Waals surface area (Å²) in [5, 5.41) is 20.5. The molecule has 3 N–H and O–H groups in total. The average molecular weight is 369 g/mol. The van der Waals surface area contributed by atoms with E-state index in [9.17, 15) is 14.4 Å². The number of nitrogens with one attached hydrogen (secondary N) is 1. The fourth-order valence-corrected chi connectivity index (χ4v) is 1.84. The Morgan fingerprint density at radius 3 is 2.23 bits per heavy atom.